The maximum atomic E-state index is 12.5. The Kier molecular flexibility index (Phi) is 12.7. The lowest BCUT2D eigenvalue weighted by atomic mass is 10.0. The number of hydrogen-bond acceptors (Lipinski definition) is 8. The van der Waals surface area contributed by atoms with Gasteiger partial charge in [0.1, 0.15) is 18.1 Å². The van der Waals surface area contributed by atoms with E-state index in [1.54, 1.807) is 13.8 Å². The van der Waals surface area contributed by atoms with Crippen molar-refractivity contribution in [3.05, 3.63) is 0 Å². The van der Waals surface area contributed by atoms with E-state index in [9.17, 15) is 34.2 Å². The fourth-order valence-corrected chi connectivity index (χ4v) is 2.50. The number of aliphatic carboxylic acids is 2. The number of carbonyl (C=O) groups is 5. The minimum Gasteiger partial charge on any atom is -0.481 e. The molecule has 13 heteroatoms. The van der Waals surface area contributed by atoms with Crippen molar-refractivity contribution in [2.24, 2.45) is 11.7 Å². The van der Waals surface area contributed by atoms with E-state index in [-0.39, 0.29) is 24.5 Å². The molecule has 0 fully saturated rings. The third-order valence-electron chi connectivity index (χ3n) is 3.95. The molecule has 0 bridgehead atoms. The number of nitrogens with one attached hydrogen (secondary N) is 3. The summed E-state index contributed by atoms with van der Waals surface area (Å²) in [6.07, 6.45) is -0.693. The highest BCUT2D eigenvalue weighted by atomic mass is 32.1. The lowest BCUT2D eigenvalue weighted by Crippen LogP contribution is -2.58. The van der Waals surface area contributed by atoms with Crippen LogP contribution >= 0.6 is 12.6 Å². The molecule has 0 aliphatic heterocycles. The topological polar surface area (TPSA) is 208 Å². The number of carbonyl (C=O) groups excluding carboxylic acids is 3. The van der Waals surface area contributed by atoms with Gasteiger partial charge < -0.3 is 37.0 Å². The Morgan fingerprint density at radius 3 is 1.83 bits per heavy atom. The Hall–Kier alpha value is -2.38. The second-order valence-electron chi connectivity index (χ2n) is 7.06. The summed E-state index contributed by atoms with van der Waals surface area (Å²) in [7, 11) is 0. The Morgan fingerprint density at radius 2 is 1.40 bits per heavy atom. The van der Waals surface area contributed by atoms with Gasteiger partial charge in [0.15, 0.2) is 0 Å². The van der Waals surface area contributed by atoms with Gasteiger partial charge >= 0.3 is 11.9 Å². The van der Waals surface area contributed by atoms with Crippen molar-refractivity contribution >= 4 is 42.3 Å². The lowest BCUT2D eigenvalue weighted by Gasteiger charge is -2.24. The predicted octanol–water partition coefficient (Wildman–Crippen LogP) is -2.31. The van der Waals surface area contributed by atoms with Crippen LogP contribution in [0.4, 0.5) is 0 Å². The van der Waals surface area contributed by atoms with Gasteiger partial charge in [-0.2, -0.15) is 12.6 Å². The molecule has 0 radical (unpaired) electrons. The summed E-state index contributed by atoms with van der Waals surface area (Å²) >= 11 is 3.85. The number of aliphatic hydroxyl groups is 1. The maximum absolute atomic E-state index is 12.5. The van der Waals surface area contributed by atoms with Crippen LogP contribution in [-0.2, 0) is 24.0 Å². The van der Waals surface area contributed by atoms with Gasteiger partial charge in [0, 0.05) is 12.2 Å². The summed E-state index contributed by atoms with van der Waals surface area (Å²) in [6.45, 7) is 2.71. The number of thiol groups is 1. The average molecular weight is 451 g/mol. The quantitative estimate of drug-likeness (QED) is 0.133. The molecule has 0 spiro atoms. The Balaban J connectivity index is 5.32. The molecule has 8 N–H and O–H groups in total. The van der Waals surface area contributed by atoms with Crippen LogP contribution in [0.5, 0.6) is 0 Å². The Bertz CT molecular complexity index is 631. The fraction of sp³-hybridized carbons (Fsp3) is 0.706. The van der Waals surface area contributed by atoms with E-state index in [1.165, 1.54) is 0 Å². The van der Waals surface area contributed by atoms with Crippen LogP contribution in [0.15, 0.2) is 0 Å². The van der Waals surface area contributed by atoms with Crippen molar-refractivity contribution in [3.8, 4) is 0 Å². The smallest absolute Gasteiger partial charge is 0.326 e. The maximum Gasteiger partial charge on any atom is 0.326 e. The standard InChI is InChI=1S/C17H30N4O8S/c1-8(2)5-11(17(28)29)20-15(26)10(3-4-13(23)24)19-16(27)12(6-22)21-14(25)9(18)7-30/h8-12,22,30H,3-7,18H2,1-2H3,(H,19,27)(H,20,26)(H,21,25)(H,23,24)(H,28,29). The van der Waals surface area contributed by atoms with Gasteiger partial charge in [-0.1, -0.05) is 13.8 Å². The first-order chi connectivity index (χ1) is 13.9. The SMILES string of the molecule is CC(C)CC(NC(=O)C(CCC(=O)O)NC(=O)C(CO)NC(=O)C(N)CS)C(=O)O. The molecule has 0 saturated heterocycles. The highest BCUT2D eigenvalue weighted by Crippen LogP contribution is 2.07. The van der Waals surface area contributed by atoms with Crippen molar-refractivity contribution in [2.75, 3.05) is 12.4 Å². The number of carboxylic acid groups (broad SMARTS) is 2. The minimum atomic E-state index is -1.45. The third-order valence-corrected chi connectivity index (χ3v) is 4.34. The second-order valence-corrected chi connectivity index (χ2v) is 7.42. The van der Waals surface area contributed by atoms with E-state index in [0.29, 0.717) is 0 Å². The number of rotatable bonds is 14. The summed E-state index contributed by atoms with van der Waals surface area (Å²) in [5, 5.41) is 34.2. The molecule has 0 aromatic rings. The molecule has 0 aromatic heterocycles. The zero-order chi connectivity index (χ0) is 23.4. The number of nitrogens with two attached hydrogens (primary N) is 1. The predicted molar refractivity (Wildman–Crippen MR) is 109 cm³/mol. The van der Waals surface area contributed by atoms with E-state index >= 15 is 0 Å². The zero-order valence-electron chi connectivity index (χ0n) is 16.8. The number of amides is 3. The normalized spacial score (nSPS) is 14.9. The monoisotopic (exact) mass is 450 g/mol. The van der Waals surface area contributed by atoms with Gasteiger partial charge in [-0.25, -0.2) is 4.79 Å². The average Bonchev–Trinajstić information content (AvgIpc) is 2.66. The van der Waals surface area contributed by atoms with E-state index in [4.69, 9.17) is 10.8 Å². The molecular weight excluding hydrogens is 420 g/mol. The van der Waals surface area contributed by atoms with Gasteiger partial charge in [-0.15, -0.1) is 0 Å². The number of hydrogen-bond donors (Lipinski definition) is 8. The van der Waals surface area contributed by atoms with Crippen LogP contribution in [0.3, 0.4) is 0 Å². The summed E-state index contributed by atoms with van der Waals surface area (Å²) in [5.74, 6) is -5.18. The Labute approximate surface area is 179 Å². The first-order valence-electron chi connectivity index (χ1n) is 9.25. The number of carboxylic acids is 2. The van der Waals surface area contributed by atoms with E-state index in [2.05, 4.69) is 28.6 Å². The van der Waals surface area contributed by atoms with Crippen LogP contribution in [0.2, 0.25) is 0 Å². The van der Waals surface area contributed by atoms with Gasteiger partial charge in [-0.3, -0.25) is 19.2 Å². The van der Waals surface area contributed by atoms with Crippen molar-refractivity contribution in [1.82, 2.24) is 16.0 Å². The molecule has 0 aliphatic carbocycles. The van der Waals surface area contributed by atoms with E-state index in [1.807, 2.05) is 0 Å². The second kappa shape index (κ2) is 13.8. The van der Waals surface area contributed by atoms with Crippen LogP contribution in [0.25, 0.3) is 0 Å². The highest BCUT2D eigenvalue weighted by Gasteiger charge is 2.30. The molecular formula is C17H30N4O8S. The third kappa shape index (κ3) is 10.4. The summed E-state index contributed by atoms with van der Waals surface area (Å²) < 4.78 is 0. The molecule has 0 aliphatic rings. The van der Waals surface area contributed by atoms with Crippen molar-refractivity contribution < 1.29 is 39.3 Å². The molecule has 0 heterocycles. The lowest BCUT2D eigenvalue weighted by molar-refractivity contribution is -0.143. The van der Waals surface area contributed by atoms with Crippen molar-refractivity contribution in [3.63, 3.8) is 0 Å². The van der Waals surface area contributed by atoms with Gasteiger partial charge in [0.2, 0.25) is 17.7 Å². The molecule has 3 amide bonds. The first kappa shape index (κ1) is 27.6. The molecule has 4 atom stereocenters. The van der Waals surface area contributed by atoms with E-state index in [0.717, 1.165) is 0 Å². The molecule has 172 valence electrons. The van der Waals surface area contributed by atoms with Gasteiger partial charge in [-0.05, 0) is 18.8 Å². The van der Waals surface area contributed by atoms with E-state index < -0.39 is 66.9 Å². The summed E-state index contributed by atoms with van der Waals surface area (Å²) in [5.41, 5.74) is 5.49. The van der Waals surface area contributed by atoms with Crippen LogP contribution in [-0.4, -0.2) is 81.5 Å². The molecule has 0 aromatic carbocycles. The molecule has 4 unspecified atom stereocenters. The summed E-state index contributed by atoms with van der Waals surface area (Å²) in [4.78, 5) is 58.9. The van der Waals surface area contributed by atoms with Crippen LogP contribution in [0, 0.1) is 5.92 Å². The minimum absolute atomic E-state index is 0.0122. The van der Waals surface area contributed by atoms with Crippen molar-refractivity contribution in [1.29, 1.82) is 0 Å². The largest absolute Gasteiger partial charge is 0.481 e. The first-order valence-corrected chi connectivity index (χ1v) is 9.89. The van der Waals surface area contributed by atoms with Crippen LogP contribution < -0.4 is 21.7 Å². The van der Waals surface area contributed by atoms with Crippen molar-refractivity contribution in [2.45, 2.75) is 57.3 Å². The zero-order valence-corrected chi connectivity index (χ0v) is 17.7. The molecule has 12 nitrogen and oxygen atoms in total. The summed E-state index contributed by atoms with van der Waals surface area (Å²) in [6, 6.07) is -5.11. The molecule has 0 rings (SSSR count). The fourth-order valence-electron chi connectivity index (χ4n) is 2.33. The molecule has 0 saturated carbocycles. The Morgan fingerprint density at radius 1 is 0.900 bits per heavy atom. The van der Waals surface area contributed by atoms with Gasteiger partial charge in [0.05, 0.1) is 12.6 Å². The highest BCUT2D eigenvalue weighted by molar-refractivity contribution is 7.80. The molecule has 30 heavy (non-hydrogen) atoms. The number of aliphatic hydroxyl groups excluding tert-OH is 1. The van der Waals surface area contributed by atoms with Gasteiger partial charge in [0.25, 0.3) is 0 Å². The van der Waals surface area contributed by atoms with Crippen LogP contribution in [0.1, 0.15) is 33.1 Å².